The zero-order valence-electron chi connectivity index (χ0n) is 38.7. The third-order valence-electron chi connectivity index (χ3n) is 11.0. The number of ether oxygens (including phenoxy) is 4. The lowest BCUT2D eigenvalue weighted by Gasteiger charge is -2.12. The van der Waals surface area contributed by atoms with Gasteiger partial charge >= 0.3 is 0 Å². The zero-order valence-corrected chi connectivity index (χ0v) is 38.7. The Morgan fingerprint density at radius 3 is 0.919 bits per heavy atom. The van der Waals surface area contributed by atoms with Crippen LogP contribution in [0.4, 0.5) is 0 Å². The van der Waals surface area contributed by atoms with Gasteiger partial charge in [-0.2, -0.15) is 0 Å². The summed E-state index contributed by atoms with van der Waals surface area (Å²) in [7, 11) is 0. The van der Waals surface area contributed by atoms with Gasteiger partial charge < -0.3 is 18.9 Å². The van der Waals surface area contributed by atoms with Crippen molar-refractivity contribution in [3.05, 3.63) is 130 Å². The highest BCUT2D eigenvalue weighted by atomic mass is 16.5. The molecule has 4 rings (SSSR count). The van der Waals surface area contributed by atoms with Gasteiger partial charge in [0.25, 0.3) is 0 Å². The lowest BCUT2D eigenvalue weighted by Crippen LogP contribution is -2.00. The first-order chi connectivity index (χ1) is 30.5. The summed E-state index contributed by atoms with van der Waals surface area (Å²) < 4.78 is 25.5. The highest BCUT2D eigenvalue weighted by Crippen LogP contribution is 2.30. The van der Waals surface area contributed by atoms with E-state index in [1.165, 1.54) is 77.0 Å². The normalized spacial score (nSPS) is 11.5. The maximum Gasteiger partial charge on any atom is 0.127 e. The van der Waals surface area contributed by atoms with E-state index in [9.17, 15) is 0 Å². The second-order valence-corrected chi connectivity index (χ2v) is 16.2. The fourth-order valence-corrected chi connectivity index (χ4v) is 7.13. The quantitative estimate of drug-likeness (QED) is 0.0363. The molecule has 0 radical (unpaired) electrons. The summed E-state index contributed by atoms with van der Waals surface area (Å²) >= 11 is 0. The first kappa shape index (κ1) is 49.4. The maximum absolute atomic E-state index is 6.50. The summed E-state index contributed by atoms with van der Waals surface area (Å²) in [6, 6.07) is 25.6. The Morgan fingerprint density at radius 1 is 0.323 bits per heavy atom. The van der Waals surface area contributed by atoms with Crippen LogP contribution in [-0.2, 0) is 0 Å². The highest BCUT2D eigenvalue weighted by molar-refractivity contribution is 5.79. The summed E-state index contributed by atoms with van der Waals surface area (Å²) in [5.41, 5.74) is 8.44. The van der Waals surface area contributed by atoms with Crippen LogP contribution in [0.3, 0.4) is 0 Å². The van der Waals surface area contributed by atoms with Crippen LogP contribution < -0.4 is 18.9 Å². The van der Waals surface area contributed by atoms with Crippen molar-refractivity contribution >= 4 is 48.6 Å². The summed E-state index contributed by atoms with van der Waals surface area (Å²) in [6.07, 6.45) is 35.3. The molecule has 0 bridgehead atoms. The molecule has 0 aliphatic carbocycles. The SMILES string of the molecule is C=Cc1ccc(/C=C/c2ccc(/C=C/c3ccc(/C=C/c4ccc(C=C)c(OCCCCCC)c4)c(OCCCCCC)c3)c(OCCCCCC)c2)c(OCCCCCC)c1. The first-order valence-corrected chi connectivity index (χ1v) is 23.9. The molecule has 4 aromatic carbocycles. The van der Waals surface area contributed by atoms with Crippen LogP contribution in [0.2, 0.25) is 0 Å². The monoisotopic (exact) mass is 837 g/mol. The standard InChI is InChI=1S/C58H76O4/c1-7-13-17-21-39-59-55-44-48(26-32-51(55)12-6)27-35-53-36-30-50(46-57(53)61-41-23-19-15-9-3)31-38-54-37-29-49(45-58(54)62-42-24-20-16-10-4)28-34-52-33-25-47(11-5)43-56(52)60-40-22-18-14-8-2/h11-12,25-38,43-46H,5-10,13-24,39-42H2,1-4H3/b34-28+,35-27+,38-31+. The zero-order chi connectivity index (χ0) is 44.0. The van der Waals surface area contributed by atoms with Gasteiger partial charge in [-0.1, -0.05) is 215 Å². The Balaban J connectivity index is 1.58. The molecule has 4 aromatic rings. The van der Waals surface area contributed by atoms with Gasteiger partial charge in [-0.3, -0.25) is 0 Å². The van der Waals surface area contributed by atoms with E-state index in [-0.39, 0.29) is 0 Å². The molecule has 0 saturated carbocycles. The van der Waals surface area contributed by atoms with Crippen molar-refractivity contribution in [2.45, 2.75) is 130 Å². The van der Waals surface area contributed by atoms with Crippen molar-refractivity contribution in [1.82, 2.24) is 0 Å². The predicted octanol–water partition coefficient (Wildman–Crippen LogP) is 17.3. The van der Waals surface area contributed by atoms with E-state index in [1.807, 2.05) is 12.2 Å². The van der Waals surface area contributed by atoms with E-state index in [0.717, 1.165) is 93.2 Å². The third-order valence-corrected chi connectivity index (χ3v) is 11.0. The van der Waals surface area contributed by atoms with Crippen LogP contribution in [0.1, 0.15) is 175 Å². The maximum atomic E-state index is 6.50. The average Bonchev–Trinajstić information content (AvgIpc) is 3.30. The molecule has 4 heteroatoms. The Hall–Kier alpha value is -5.22. The molecule has 4 nitrogen and oxygen atoms in total. The molecule has 0 atom stereocenters. The fraction of sp³-hybridized carbons (Fsp3) is 0.414. The van der Waals surface area contributed by atoms with Crippen LogP contribution in [0.15, 0.2) is 86.0 Å². The van der Waals surface area contributed by atoms with E-state index in [1.54, 1.807) is 0 Å². The number of hydrogen-bond acceptors (Lipinski definition) is 4. The van der Waals surface area contributed by atoms with E-state index < -0.39 is 0 Å². The molecule has 0 aliphatic rings. The molecule has 62 heavy (non-hydrogen) atoms. The van der Waals surface area contributed by atoms with Crippen molar-refractivity contribution in [3.8, 4) is 23.0 Å². The topological polar surface area (TPSA) is 36.9 Å². The minimum absolute atomic E-state index is 0.687. The van der Waals surface area contributed by atoms with Crippen molar-refractivity contribution in [1.29, 1.82) is 0 Å². The van der Waals surface area contributed by atoms with E-state index in [0.29, 0.717) is 26.4 Å². The second-order valence-electron chi connectivity index (χ2n) is 16.2. The molecule has 0 unspecified atom stereocenters. The van der Waals surface area contributed by atoms with E-state index in [2.05, 4.69) is 150 Å². The van der Waals surface area contributed by atoms with Crippen molar-refractivity contribution in [3.63, 3.8) is 0 Å². The van der Waals surface area contributed by atoms with Gasteiger partial charge in [0.15, 0.2) is 0 Å². The summed E-state index contributed by atoms with van der Waals surface area (Å²) in [6.45, 7) is 19.7. The van der Waals surface area contributed by atoms with Gasteiger partial charge in [0.2, 0.25) is 0 Å². The number of rotatable bonds is 32. The molecule has 0 heterocycles. The van der Waals surface area contributed by atoms with Gasteiger partial charge in [0.1, 0.15) is 23.0 Å². The molecule has 0 fully saturated rings. The molecule has 0 amide bonds. The lowest BCUT2D eigenvalue weighted by molar-refractivity contribution is 0.304. The summed E-state index contributed by atoms with van der Waals surface area (Å²) in [5, 5.41) is 0. The molecule has 0 aromatic heterocycles. The van der Waals surface area contributed by atoms with E-state index >= 15 is 0 Å². The molecule has 0 aliphatic heterocycles. The largest absolute Gasteiger partial charge is 0.493 e. The van der Waals surface area contributed by atoms with Gasteiger partial charge in [0, 0.05) is 22.3 Å². The second kappa shape index (κ2) is 29.9. The fourth-order valence-electron chi connectivity index (χ4n) is 7.13. The Kier molecular flexibility index (Phi) is 23.9. The minimum Gasteiger partial charge on any atom is -0.493 e. The molecule has 0 spiro atoms. The number of hydrogen-bond donors (Lipinski definition) is 0. The smallest absolute Gasteiger partial charge is 0.127 e. The van der Waals surface area contributed by atoms with Crippen LogP contribution in [-0.4, -0.2) is 26.4 Å². The van der Waals surface area contributed by atoms with Gasteiger partial charge in [-0.15, -0.1) is 0 Å². The Bertz CT molecular complexity index is 2000. The van der Waals surface area contributed by atoms with Gasteiger partial charge in [-0.25, -0.2) is 0 Å². The first-order valence-electron chi connectivity index (χ1n) is 23.9. The van der Waals surface area contributed by atoms with Gasteiger partial charge in [-0.05, 0) is 72.2 Å². The molecule has 0 saturated heterocycles. The van der Waals surface area contributed by atoms with Crippen molar-refractivity contribution in [2.75, 3.05) is 26.4 Å². The Labute approximate surface area is 376 Å². The highest BCUT2D eigenvalue weighted by Gasteiger charge is 2.08. The number of benzene rings is 4. The minimum atomic E-state index is 0.687. The van der Waals surface area contributed by atoms with Crippen LogP contribution in [0, 0.1) is 0 Å². The van der Waals surface area contributed by atoms with Crippen LogP contribution >= 0.6 is 0 Å². The van der Waals surface area contributed by atoms with Crippen LogP contribution in [0.5, 0.6) is 23.0 Å². The predicted molar refractivity (Wildman–Crippen MR) is 271 cm³/mol. The van der Waals surface area contributed by atoms with Crippen molar-refractivity contribution in [2.24, 2.45) is 0 Å². The number of unbranched alkanes of at least 4 members (excludes halogenated alkanes) is 12. The summed E-state index contributed by atoms with van der Waals surface area (Å²) in [4.78, 5) is 0. The van der Waals surface area contributed by atoms with Gasteiger partial charge in [0.05, 0.1) is 26.4 Å². The molecule has 332 valence electrons. The molecule has 0 N–H and O–H groups in total. The third kappa shape index (κ3) is 18.0. The Morgan fingerprint density at radius 2 is 0.613 bits per heavy atom. The molecular formula is C58H76O4. The summed E-state index contributed by atoms with van der Waals surface area (Å²) in [5.74, 6) is 3.54. The van der Waals surface area contributed by atoms with Crippen molar-refractivity contribution < 1.29 is 18.9 Å². The van der Waals surface area contributed by atoms with Crippen LogP contribution in [0.25, 0.3) is 48.6 Å². The average molecular weight is 837 g/mol. The van der Waals surface area contributed by atoms with E-state index in [4.69, 9.17) is 18.9 Å². The molecular weight excluding hydrogens is 761 g/mol. The lowest BCUT2D eigenvalue weighted by atomic mass is 10.0.